The van der Waals surface area contributed by atoms with Crippen LogP contribution in [0.4, 0.5) is 30.4 Å². The number of anilines is 3. The van der Waals surface area contributed by atoms with Crippen LogP contribution in [0.5, 0.6) is 0 Å². The zero-order valence-corrected chi connectivity index (χ0v) is 17.2. The average molecular weight is 450 g/mol. The Hall–Kier alpha value is -3.10. The zero-order chi connectivity index (χ0) is 22.6. The monoisotopic (exact) mass is 449 g/mol. The lowest BCUT2D eigenvalue weighted by Gasteiger charge is -2.27. The van der Waals surface area contributed by atoms with Crippen LogP contribution in [0.15, 0.2) is 66.9 Å². The number of aromatic nitrogens is 1. The summed E-state index contributed by atoms with van der Waals surface area (Å²) < 4.78 is 39.3. The van der Waals surface area contributed by atoms with Gasteiger partial charge in [0.05, 0.1) is 12.0 Å². The van der Waals surface area contributed by atoms with Crippen LogP contribution in [0.2, 0.25) is 5.02 Å². The third-order valence-electron chi connectivity index (χ3n) is 4.41. The number of nitrogens with one attached hydrogen (secondary N) is 1. The Kier molecular flexibility index (Phi) is 6.82. The Morgan fingerprint density at radius 2 is 1.90 bits per heavy atom. The van der Waals surface area contributed by atoms with E-state index in [0.717, 1.165) is 12.1 Å². The summed E-state index contributed by atoms with van der Waals surface area (Å²) in [6.45, 7) is 1.41. The Morgan fingerprint density at radius 3 is 2.58 bits per heavy atom. The van der Waals surface area contributed by atoms with Gasteiger partial charge in [-0.1, -0.05) is 35.9 Å². The molecule has 0 saturated carbocycles. The fraction of sp³-hybridized carbons (Fsp3) is 0.182. The molecule has 2 N–H and O–H groups in total. The molecule has 1 aromatic heterocycles. The van der Waals surface area contributed by atoms with Crippen LogP contribution in [0, 0.1) is 0 Å². The van der Waals surface area contributed by atoms with E-state index in [1.54, 1.807) is 30.3 Å². The number of pyridine rings is 1. The number of carbonyl (C=O) groups is 1. The van der Waals surface area contributed by atoms with E-state index in [4.69, 9.17) is 11.6 Å². The number of nitrogens with zero attached hydrogens (tertiary/aromatic N) is 2. The molecule has 9 heteroatoms. The molecule has 0 bridgehead atoms. The van der Waals surface area contributed by atoms with Gasteiger partial charge in [-0.2, -0.15) is 13.2 Å². The minimum Gasteiger partial charge on any atom is -0.373 e. The van der Waals surface area contributed by atoms with Crippen LogP contribution in [0.3, 0.4) is 0 Å². The molecule has 5 nitrogen and oxygen atoms in total. The maximum Gasteiger partial charge on any atom is 0.416 e. The minimum atomic E-state index is -4.53. The molecule has 0 spiro atoms. The van der Waals surface area contributed by atoms with Crippen LogP contribution in [-0.2, 0) is 17.4 Å². The van der Waals surface area contributed by atoms with Crippen molar-refractivity contribution >= 4 is 34.7 Å². The number of halogens is 4. The van der Waals surface area contributed by atoms with Crippen LogP contribution >= 0.6 is 11.6 Å². The molecule has 3 aromatic rings. The molecule has 3 rings (SSSR count). The first-order chi connectivity index (χ1) is 14.6. The highest BCUT2D eigenvalue weighted by molar-refractivity contribution is 6.31. The van der Waals surface area contributed by atoms with Crippen LogP contribution < -0.4 is 10.2 Å². The Morgan fingerprint density at radius 1 is 1.16 bits per heavy atom. The second-order valence-corrected chi connectivity index (χ2v) is 7.18. The molecule has 1 atom stereocenters. The summed E-state index contributed by atoms with van der Waals surface area (Å²) >= 11 is 6.08. The summed E-state index contributed by atoms with van der Waals surface area (Å²) in [6, 6.07) is 14.5. The summed E-state index contributed by atoms with van der Waals surface area (Å²) in [5.41, 5.74) is 0.293. The van der Waals surface area contributed by atoms with Crippen LogP contribution in [-0.4, -0.2) is 22.2 Å². The number of alkyl halides is 3. The average Bonchev–Trinajstić information content (AvgIpc) is 2.69. The molecular formula is C22H19ClF3N3O2. The highest BCUT2D eigenvalue weighted by Gasteiger charge is 2.31. The molecule has 0 radical (unpaired) electrons. The lowest BCUT2D eigenvalue weighted by molar-refractivity contribution is -0.137. The minimum absolute atomic E-state index is 0.0467. The molecule has 31 heavy (non-hydrogen) atoms. The summed E-state index contributed by atoms with van der Waals surface area (Å²) in [6.07, 6.45) is -4.26. The van der Waals surface area contributed by atoms with Gasteiger partial charge in [0.25, 0.3) is 0 Å². The van der Waals surface area contributed by atoms with Crippen molar-refractivity contribution < 1.29 is 23.1 Å². The third kappa shape index (κ3) is 5.74. The van der Waals surface area contributed by atoms with Gasteiger partial charge in [0.15, 0.2) is 0 Å². The second kappa shape index (κ2) is 9.36. The number of carbonyl (C=O) groups excluding carboxylic acids is 1. The van der Waals surface area contributed by atoms with E-state index >= 15 is 0 Å². The summed E-state index contributed by atoms with van der Waals surface area (Å²) in [4.78, 5) is 17.8. The van der Waals surface area contributed by atoms with Crippen molar-refractivity contribution in [2.75, 3.05) is 10.2 Å². The van der Waals surface area contributed by atoms with Crippen molar-refractivity contribution in [1.82, 2.24) is 4.98 Å². The van der Waals surface area contributed by atoms with Crippen molar-refractivity contribution in [3.63, 3.8) is 0 Å². The lowest BCUT2D eigenvalue weighted by Crippen LogP contribution is -2.29. The normalized spacial score (nSPS) is 12.3. The fourth-order valence-corrected chi connectivity index (χ4v) is 3.22. The van der Waals surface area contributed by atoms with Gasteiger partial charge in [0.1, 0.15) is 12.0 Å². The maximum atomic E-state index is 13.1. The SMILES string of the molecule is CC(O)N(c1cccc(C(F)(F)F)c1)c1cc(NC(=O)Cc2ccccc2Cl)ccn1. The third-order valence-corrected chi connectivity index (χ3v) is 4.78. The molecule has 1 heterocycles. The van der Waals surface area contributed by atoms with Gasteiger partial charge in [-0.15, -0.1) is 0 Å². The fourth-order valence-electron chi connectivity index (χ4n) is 3.02. The van der Waals surface area contributed by atoms with Crippen molar-refractivity contribution in [1.29, 1.82) is 0 Å². The molecule has 0 aliphatic carbocycles. The summed E-state index contributed by atoms with van der Waals surface area (Å²) in [5.74, 6) is -0.155. The Balaban J connectivity index is 1.84. The zero-order valence-electron chi connectivity index (χ0n) is 16.4. The molecule has 0 saturated heterocycles. The van der Waals surface area contributed by atoms with Gasteiger partial charge in [0.2, 0.25) is 5.91 Å². The highest BCUT2D eigenvalue weighted by atomic mass is 35.5. The summed E-state index contributed by atoms with van der Waals surface area (Å²) in [7, 11) is 0. The van der Waals surface area contributed by atoms with Crippen molar-refractivity contribution in [3.05, 3.63) is 83.0 Å². The molecule has 2 aromatic carbocycles. The quantitative estimate of drug-likeness (QED) is 0.494. The molecule has 0 aliphatic heterocycles. The van der Waals surface area contributed by atoms with Gasteiger partial charge in [-0.05, 0) is 42.8 Å². The molecular weight excluding hydrogens is 431 g/mol. The first kappa shape index (κ1) is 22.6. The standard InChI is InChI=1S/C22H19ClF3N3O2/c1-14(30)29(18-7-4-6-16(12-18)22(24,25)26)20-13-17(9-10-27-20)28-21(31)11-15-5-2-3-8-19(15)23/h2-10,12-14,30H,11H2,1H3,(H,27,28,31). The Labute approximate surface area is 182 Å². The number of amides is 1. The predicted molar refractivity (Wildman–Crippen MR) is 113 cm³/mol. The van der Waals surface area contributed by atoms with Gasteiger partial charge >= 0.3 is 6.18 Å². The smallest absolute Gasteiger partial charge is 0.373 e. The van der Waals surface area contributed by atoms with E-state index < -0.39 is 18.0 Å². The second-order valence-electron chi connectivity index (χ2n) is 6.77. The summed E-state index contributed by atoms with van der Waals surface area (Å²) in [5, 5.41) is 13.4. The van der Waals surface area contributed by atoms with Crippen molar-refractivity contribution in [2.24, 2.45) is 0 Å². The number of hydrogen-bond acceptors (Lipinski definition) is 4. The topological polar surface area (TPSA) is 65.5 Å². The number of benzene rings is 2. The van der Waals surface area contributed by atoms with Crippen molar-refractivity contribution in [3.8, 4) is 0 Å². The molecule has 0 aliphatic rings. The first-order valence-electron chi connectivity index (χ1n) is 9.29. The largest absolute Gasteiger partial charge is 0.416 e. The highest BCUT2D eigenvalue weighted by Crippen LogP contribution is 2.34. The van der Waals surface area contributed by atoms with E-state index in [0.29, 0.717) is 16.3 Å². The van der Waals surface area contributed by atoms with Crippen LogP contribution in [0.1, 0.15) is 18.1 Å². The molecule has 0 fully saturated rings. The maximum absolute atomic E-state index is 13.1. The van der Waals surface area contributed by atoms with E-state index in [9.17, 15) is 23.1 Å². The number of aliphatic hydroxyl groups is 1. The van der Waals surface area contributed by atoms with Gasteiger partial charge in [0, 0.05) is 28.7 Å². The number of hydrogen-bond donors (Lipinski definition) is 2. The number of aliphatic hydroxyl groups excluding tert-OH is 1. The number of rotatable bonds is 6. The Bertz CT molecular complexity index is 1070. The van der Waals surface area contributed by atoms with Gasteiger partial charge in [-0.3, -0.25) is 4.79 Å². The van der Waals surface area contributed by atoms with Crippen LogP contribution in [0.25, 0.3) is 0 Å². The van der Waals surface area contributed by atoms with Gasteiger partial charge < -0.3 is 15.3 Å². The predicted octanol–water partition coefficient (Wildman–Crippen LogP) is 5.41. The van der Waals surface area contributed by atoms with E-state index in [1.165, 1.54) is 36.2 Å². The van der Waals surface area contributed by atoms with Crippen molar-refractivity contribution in [2.45, 2.75) is 25.7 Å². The lowest BCUT2D eigenvalue weighted by atomic mass is 10.1. The van der Waals surface area contributed by atoms with E-state index in [2.05, 4.69) is 10.3 Å². The molecule has 162 valence electrons. The van der Waals surface area contributed by atoms with E-state index in [1.807, 2.05) is 0 Å². The molecule has 1 amide bonds. The first-order valence-corrected chi connectivity index (χ1v) is 9.67. The molecule has 1 unspecified atom stereocenters. The van der Waals surface area contributed by atoms with E-state index in [-0.39, 0.29) is 23.8 Å². The van der Waals surface area contributed by atoms with Gasteiger partial charge in [-0.25, -0.2) is 4.98 Å².